The van der Waals surface area contributed by atoms with Crippen LogP contribution in [0.1, 0.15) is 28.7 Å². The molecule has 3 rings (SSSR count). The Labute approximate surface area is 134 Å². The van der Waals surface area contributed by atoms with Crippen molar-refractivity contribution in [2.45, 2.75) is 27.3 Å². The van der Waals surface area contributed by atoms with Crippen LogP contribution < -0.4 is 5.32 Å². The molecule has 0 aliphatic rings. The Balaban J connectivity index is 1.58. The fourth-order valence-electron chi connectivity index (χ4n) is 2.57. The summed E-state index contributed by atoms with van der Waals surface area (Å²) in [4.78, 5) is 12.2. The average Bonchev–Trinajstić information content (AvgIpc) is 3.10. The third-order valence-corrected chi connectivity index (χ3v) is 3.78. The monoisotopic (exact) mass is 312 g/mol. The molecule has 0 saturated heterocycles. The molecule has 0 unspecified atom stereocenters. The molecule has 1 amide bonds. The van der Waals surface area contributed by atoms with Gasteiger partial charge in [-0.15, -0.1) is 0 Å². The second kappa shape index (κ2) is 6.20. The van der Waals surface area contributed by atoms with E-state index in [1.807, 2.05) is 18.5 Å². The highest BCUT2D eigenvalue weighted by Crippen LogP contribution is 2.11. The van der Waals surface area contributed by atoms with E-state index in [1.54, 1.807) is 18.2 Å². The fraction of sp³-hybridized carbons (Fsp3) is 0.375. The van der Waals surface area contributed by atoms with E-state index >= 15 is 0 Å². The minimum atomic E-state index is -0.102. The largest absolute Gasteiger partial charge is 0.352 e. The maximum absolute atomic E-state index is 12.2. The zero-order valence-electron chi connectivity index (χ0n) is 13.5. The summed E-state index contributed by atoms with van der Waals surface area (Å²) < 4.78 is 1.98. The van der Waals surface area contributed by atoms with Crippen molar-refractivity contribution in [2.75, 3.05) is 6.54 Å². The van der Waals surface area contributed by atoms with Gasteiger partial charge in [-0.1, -0.05) is 6.92 Å². The average molecular weight is 312 g/mol. The van der Waals surface area contributed by atoms with Gasteiger partial charge < -0.3 is 5.32 Å². The number of nitrogens with one attached hydrogen (secondary N) is 2. The van der Waals surface area contributed by atoms with Crippen molar-refractivity contribution in [3.63, 3.8) is 0 Å². The van der Waals surface area contributed by atoms with Crippen molar-refractivity contribution in [3.8, 4) is 0 Å². The number of carbonyl (C=O) groups is 1. The predicted octanol–water partition coefficient (Wildman–Crippen LogP) is 1.84. The fourth-order valence-corrected chi connectivity index (χ4v) is 2.57. The van der Waals surface area contributed by atoms with Crippen LogP contribution in [-0.2, 0) is 6.54 Å². The molecule has 2 aromatic heterocycles. The summed E-state index contributed by atoms with van der Waals surface area (Å²) in [6, 6.07) is 7.33. The highest BCUT2D eigenvalue weighted by Gasteiger charge is 2.11. The molecule has 0 fully saturated rings. The van der Waals surface area contributed by atoms with Crippen LogP contribution in [0.15, 0.2) is 24.3 Å². The standard InChI is InChI=1S/C16H20N6O/c1-10(9-22-12(3)6-11(2)20-22)8-17-16(23)13-4-5-14-15(7-13)19-21-18-14/h4-7,10H,8-9H2,1-3H3,(H,17,23)(H,18,19,21)/t10-/m1/s1. The Morgan fingerprint density at radius 2 is 2.04 bits per heavy atom. The number of carbonyl (C=O) groups excluding carboxylic acids is 1. The van der Waals surface area contributed by atoms with Gasteiger partial charge in [0.1, 0.15) is 11.0 Å². The molecule has 1 atom stereocenters. The lowest BCUT2D eigenvalue weighted by Crippen LogP contribution is -2.30. The van der Waals surface area contributed by atoms with Gasteiger partial charge in [-0.2, -0.15) is 20.5 Å². The molecular weight excluding hydrogens is 292 g/mol. The van der Waals surface area contributed by atoms with Gasteiger partial charge in [-0.05, 0) is 44.0 Å². The van der Waals surface area contributed by atoms with Crippen LogP contribution in [0.25, 0.3) is 11.0 Å². The molecule has 0 radical (unpaired) electrons. The first kappa shape index (κ1) is 15.2. The zero-order valence-corrected chi connectivity index (χ0v) is 13.5. The van der Waals surface area contributed by atoms with Crippen LogP contribution in [0.4, 0.5) is 0 Å². The summed E-state index contributed by atoms with van der Waals surface area (Å²) in [6.45, 7) is 7.49. The number of H-pyrrole nitrogens is 1. The van der Waals surface area contributed by atoms with Gasteiger partial charge in [-0.3, -0.25) is 9.48 Å². The van der Waals surface area contributed by atoms with Crippen LogP contribution in [0.3, 0.4) is 0 Å². The molecule has 120 valence electrons. The van der Waals surface area contributed by atoms with Gasteiger partial charge in [0.2, 0.25) is 0 Å². The molecule has 0 aliphatic heterocycles. The quantitative estimate of drug-likeness (QED) is 0.752. The summed E-state index contributed by atoms with van der Waals surface area (Å²) in [5.74, 6) is 0.183. The number of nitrogens with zero attached hydrogens (tertiary/aromatic N) is 4. The third-order valence-electron chi connectivity index (χ3n) is 3.78. The lowest BCUT2D eigenvalue weighted by molar-refractivity contribution is 0.0946. The Morgan fingerprint density at radius 3 is 2.78 bits per heavy atom. The lowest BCUT2D eigenvalue weighted by atomic mass is 10.1. The maximum atomic E-state index is 12.2. The van der Waals surface area contributed by atoms with E-state index in [2.05, 4.69) is 38.8 Å². The number of rotatable bonds is 5. The number of aryl methyl sites for hydroxylation is 2. The van der Waals surface area contributed by atoms with Crippen LogP contribution in [0, 0.1) is 19.8 Å². The SMILES string of the molecule is Cc1cc(C)n(C[C@H](C)CNC(=O)c2ccc3n[nH]nc3c2)n1. The predicted molar refractivity (Wildman–Crippen MR) is 87.1 cm³/mol. The number of aromatic nitrogens is 5. The van der Waals surface area contributed by atoms with Gasteiger partial charge in [0.15, 0.2) is 0 Å². The van der Waals surface area contributed by atoms with Crippen LogP contribution >= 0.6 is 0 Å². The highest BCUT2D eigenvalue weighted by molar-refractivity contribution is 5.97. The summed E-state index contributed by atoms with van der Waals surface area (Å²) in [5.41, 5.74) is 4.18. The van der Waals surface area contributed by atoms with Crippen molar-refractivity contribution in [1.29, 1.82) is 0 Å². The zero-order chi connectivity index (χ0) is 16.4. The van der Waals surface area contributed by atoms with E-state index in [9.17, 15) is 4.79 Å². The second-order valence-corrected chi connectivity index (χ2v) is 5.95. The van der Waals surface area contributed by atoms with E-state index in [0.717, 1.165) is 23.4 Å². The minimum absolute atomic E-state index is 0.102. The first-order valence-corrected chi connectivity index (χ1v) is 7.62. The summed E-state index contributed by atoms with van der Waals surface area (Å²) in [7, 11) is 0. The Bertz CT molecular complexity index is 834. The highest BCUT2D eigenvalue weighted by atomic mass is 16.1. The molecule has 0 aliphatic carbocycles. The molecule has 2 heterocycles. The van der Waals surface area contributed by atoms with Crippen LogP contribution in [-0.4, -0.2) is 37.6 Å². The number of fused-ring (bicyclic) bond motifs is 1. The summed E-state index contributed by atoms with van der Waals surface area (Å²) in [5, 5.41) is 17.9. The molecule has 7 heteroatoms. The number of amides is 1. The van der Waals surface area contributed by atoms with Crippen LogP contribution in [0.5, 0.6) is 0 Å². The Kier molecular flexibility index (Phi) is 4.10. The van der Waals surface area contributed by atoms with Crippen molar-refractivity contribution in [3.05, 3.63) is 41.2 Å². The normalized spacial score (nSPS) is 12.5. The summed E-state index contributed by atoms with van der Waals surface area (Å²) >= 11 is 0. The van der Waals surface area contributed by atoms with E-state index in [4.69, 9.17) is 0 Å². The van der Waals surface area contributed by atoms with E-state index in [1.165, 1.54) is 0 Å². The topological polar surface area (TPSA) is 88.5 Å². The van der Waals surface area contributed by atoms with Crippen LogP contribution in [0.2, 0.25) is 0 Å². The van der Waals surface area contributed by atoms with Gasteiger partial charge >= 0.3 is 0 Å². The smallest absolute Gasteiger partial charge is 0.251 e. The van der Waals surface area contributed by atoms with Crippen molar-refractivity contribution < 1.29 is 4.79 Å². The number of hydrogen-bond acceptors (Lipinski definition) is 4. The molecule has 3 aromatic rings. The van der Waals surface area contributed by atoms with Gasteiger partial charge in [0, 0.05) is 24.3 Å². The van der Waals surface area contributed by atoms with Gasteiger partial charge in [-0.25, -0.2) is 0 Å². The first-order chi connectivity index (χ1) is 11.0. The molecule has 0 bridgehead atoms. The number of hydrogen-bond donors (Lipinski definition) is 2. The molecule has 0 spiro atoms. The second-order valence-electron chi connectivity index (χ2n) is 5.95. The van der Waals surface area contributed by atoms with Crippen molar-refractivity contribution in [2.24, 2.45) is 5.92 Å². The Hall–Kier alpha value is -2.70. The first-order valence-electron chi connectivity index (χ1n) is 7.62. The lowest BCUT2D eigenvalue weighted by Gasteiger charge is -2.14. The van der Waals surface area contributed by atoms with Gasteiger partial charge in [0.05, 0.1) is 5.69 Å². The van der Waals surface area contributed by atoms with Crippen molar-refractivity contribution in [1.82, 2.24) is 30.5 Å². The Morgan fingerprint density at radius 1 is 1.26 bits per heavy atom. The van der Waals surface area contributed by atoms with E-state index < -0.39 is 0 Å². The van der Waals surface area contributed by atoms with Crippen molar-refractivity contribution >= 4 is 16.9 Å². The molecular formula is C16H20N6O. The van der Waals surface area contributed by atoms with Gasteiger partial charge in [0.25, 0.3) is 5.91 Å². The molecule has 0 saturated carbocycles. The molecule has 1 aromatic carbocycles. The molecule has 2 N–H and O–H groups in total. The maximum Gasteiger partial charge on any atom is 0.251 e. The molecule has 7 nitrogen and oxygen atoms in total. The third kappa shape index (κ3) is 3.39. The molecule has 23 heavy (non-hydrogen) atoms. The number of aromatic amines is 1. The number of benzene rings is 1. The van der Waals surface area contributed by atoms with E-state index in [0.29, 0.717) is 17.6 Å². The summed E-state index contributed by atoms with van der Waals surface area (Å²) in [6.07, 6.45) is 0. The minimum Gasteiger partial charge on any atom is -0.352 e. The van der Waals surface area contributed by atoms with E-state index in [-0.39, 0.29) is 11.8 Å².